The SMILES string of the molecule is CC(=O)c1csc(N2CCC3CCCCC3C2)n1. The minimum absolute atomic E-state index is 0.0741. The molecule has 1 aromatic rings. The van der Waals surface area contributed by atoms with Crippen molar-refractivity contribution in [3.8, 4) is 0 Å². The van der Waals surface area contributed by atoms with E-state index in [0.29, 0.717) is 5.69 Å². The van der Waals surface area contributed by atoms with E-state index in [2.05, 4.69) is 9.88 Å². The zero-order valence-corrected chi connectivity index (χ0v) is 11.7. The second-order valence-corrected chi connectivity index (χ2v) is 6.45. The van der Waals surface area contributed by atoms with Gasteiger partial charge < -0.3 is 4.90 Å². The zero-order chi connectivity index (χ0) is 12.5. The summed E-state index contributed by atoms with van der Waals surface area (Å²) in [5.74, 6) is 1.88. The molecule has 2 heterocycles. The monoisotopic (exact) mass is 264 g/mol. The molecule has 1 aromatic heterocycles. The maximum atomic E-state index is 11.3. The van der Waals surface area contributed by atoms with Crippen LogP contribution in [0.5, 0.6) is 0 Å². The molecule has 0 radical (unpaired) electrons. The molecule has 1 saturated heterocycles. The molecule has 1 saturated carbocycles. The number of carbonyl (C=O) groups excluding carboxylic acids is 1. The van der Waals surface area contributed by atoms with Crippen molar-refractivity contribution in [2.75, 3.05) is 18.0 Å². The van der Waals surface area contributed by atoms with Crippen LogP contribution in [0.4, 0.5) is 5.13 Å². The number of hydrogen-bond acceptors (Lipinski definition) is 4. The molecule has 1 aliphatic carbocycles. The van der Waals surface area contributed by atoms with E-state index >= 15 is 0 Å². The number of hydrogen-bond donors (Lipinski definition) is 0. The van der Waals surface area contributed by atoms with Crippen molar-refractivity contribution in [1.29, 1.82) is 0 Å². The number of nitrogens with zero attached hydrogens (tertiary/aromatic N) is 2. The van der Waals surface area contributed by atoms with Gasteiger partial charge in [-0.15, -0.1) is 11.3 Å². The minimum Gasteiger partial charge on any atom is -0.348 e. The molecule has 2 fully saturated rings. The number of Topliss-reactive ketones (excluding diaryl/α,β-unsaturated/α-hetero) is 1. The molecular formula is C14H20N2OS. The third-order valence-electron chi connectivity index (χ3n) is 4.41. The summed E-state index contributed by atoms with van der Waals surface area (Å²) >= 11 is 1.62. The van der Waals surface area contributed by atoms with E-state index in [1.54, 1.807) is 18.3 Å². The van der Waals surface area contributed by atoms with E-state index in [1.807, 2.05) is 5.38 Å². The van der Waals surface area contributed by atoms with Crippen molar-refractivity contribution in [2.24, 2.45) is 11.8 Å². The predicted molar refractivity (Wildman–Crippen MR) is 74.4 cm³/mol. The minimum atomic E-state index is 0.0741. The first-order chi connectivity index (χ1) is 8.74. The van der Waals surface area contributed by atoms with Crippen molar-refractivity contribution in [3.05, 3.63) is 11.1 Å². The summed E-state index contributed by atoms with van der Waals surface area (Å²) in [5.41, 5.74) is 0.626. The van der Waals surface area contributed by atoms with Crippen LogP contribution in [0, 0.1) is 11.8 Å². The van der Waals surface area contributed by atoms with Gasteiger partial charge in [0.1, 0.15) is 5.69 Å². The molecule has 0 aromatic carbocycles. The first kappa shape index (κ1) is 12.2. The normalized spacial score (nSPS) is 27.9. The Bertz CT molecular complexity index is 443. The Kier molecular flexibility index (Phi) is 3.37. The third kappa shape index (κ3) is 2.30. The molecule has 4 heteroatoms. The van der Waals surface area contributed by atoms with Crippen LogP contribution < -0.4 is 4.90 Å². The Morgan fingerprint density at radius 3 is 2.83 bits per heavy atom. The van der Waals surface area contributed by atoms with Crippen molar-refractivity contribution >= 4 is 22.3 Å². The van der Waals surface area contributed by atoms with Gasteiger partial charge in [0.05, 0.1) is 0 Å². The van der Waals surface area contributed by atoms with Crippen molar-refractivity contribution < 1.29 is 4.79 Å². The lowest BCUT2D eigenvalue weighted by molar-refractivity contribution is 0.101. The maximum Gasteiger partial charge on any atom is 0.185 e. The van der Waals surface area contributed by atoms with Gasteiger partial charge in [0.25, 0.3) is 0 Å². The van der Waals surface area contributed by atoms with Crippen molar-refractivity contribution in [1.82, 2.24) is 4.98 Å². The van der Waals surface area contributed by atoms with Gasteiger partial charge in [0.15, 0.2) is 10.9 Å². The molecule has 0 amide bonds. The number of fused-ring (bicyclic) bond motifs is 1. The van der Waals surface area contributed by atoms with E-state index in [4.69, 9.17) is 0 Å². The largest absolute Gasteiger partial charge is 0.348 e. The van der Waals surface area contributed by atoms with E-state index in [-0.39, 0.29) is 5.78 Å². The maximum absolute atomic E-state index is 11.3. The van der Waals surface area contributed by atoms with E-state index < -0.39 is 0 Å². The van der Waals surface area contributed by atoms with Crippen LogP contribution in [0.25, 0.3) is 0 Å². The number of ketones is 1. The van der Waals surface area contributed by atoms with Crippen LogP contribution >= 0.6 is 11.3 Å². The third-order valence-corrected chi connectivity index (χ3v) is 5.32. The fourth-order valence-electron chi connectivity index (χ4n) is 3.35. The van der Waals surface area contributed by atoms with Crippen LogP contribution in [0.1, 0.15) is 49.5 Å². The average Bonchev–Trinajstić information content (AvgIpc) is 2.88. The van der Waals surface area contributed by atoms with E-state index in [9.17, 15) is 4.79 Å². The van der Waals surface area contributed by atoms with Crippen molar-refractivity contribution in [2.45, 2.75) is 39.0 Å². The molecule has 2 aliphatic rings. The summed E-state index contributed by atoms with van der Waals surface area (Å²) in [6.45, 7) is 3.85. The Balaban J connectivity index is 1.71. The fraction of sp³-hybridized carbons (Fsp3) is 0.714. The number of anilines is 1. The Morgan fingerprint density at radius 1 is 1.33 bits per heavy atom. The van der Waals surface area contributed by atoms with Gasteiger partial charge in [0.2, 0.25) is 0 Å². The second kappa shape index (κ2) is 5.00. The van der Waals surface area contributed by atoms with Crippen LogP contribution in [-0.4, -0.2) is 23.9 Å². The Labute approximate surface area is 112 Å². The first-order valence-corrected chi connectivity index (χ1v) is 7.83. The predicted octanol–water partition coefficient (Wildman–Crippen LogP) is 3.36. The van der Waals surface area contributed by atoms with Gasteiger partial charge in [-0.3, -0.25) is 4.79 Å². The van der Waals surface area contributed by atoms with Gasteiger partial charge in [-0.05, 0) is 24.7 Å². The number of aromatic nitrogens is 1. The smallest absolute Gasteiger partial charge is 0.185 e. The molecular weight excluding hydrogens is 244 g/mol. The highest BCUT2D eigenvalue weighted by atomic mass is 32.1. The van der Waals surface area contributed by atoms with Crippen molar-refractivity contribution in [3.63, 3.8) is 0 Å². The highest BCUT2D eigenvalue weighted by Crippen LogP contribution is 2.38. The average molecular weight is 264 g/mol. The summed E-state index contributed by atoms with van der Waals surface area (Å²) in [6, 6.07) is 0. The summed E-state index contributed by atoms with van der Waals surface area (Å²) in [5, 5.41) is 2.94. The number of carbonyl (C=O) groups is 1. The van der Waals surface area contributed by atoms with Gasteiger partial charge in [-0.25, -0.2) is 4.98 Å². The molecule has 0 spiro atoms. The number of thiazole rings is 1. The first-order valence-electron chi connectivity index (χ1n) is 6.95. The van der Waals surface area contributed by atoms with Gasteiger partial charge in [0, 0.05) is 25.4 Å². The second-order valence-electron chi connectivity index (χ2n) is 5.61. The lowest BCUT2D eigenvalue weighted by Gasteiger charge is -2.41. The summed E-state index contributed by atoms with van der Waals surface area (Å²) in [7, 11) is 0. The molecule has 18 heavy (non-hydrogen) atoms. The summed E-state index contributed by atoms with van der Waals surface area (Å²) in [6.07, 6.45) is 6.93. The highest BCUT2D eigenvalue weighted by molar-refractivity contribution is 7.13. The van der Waals surface area contributed by atoms with Crippen LogP contribution in [0.15, 0.2) is 5.38 Å². The van der Waals surface area contributed by atoms with Gasteiger partial charge >= 0.3 is 0 Å². The fourth-order valence-corrected chi connectivity index (χ4v) is 4.25. The summed E-state index contributed by atoms with van der Waals surface area (Å²) < 4.78 is 0. The summed E-state index contributed by atoms with van der Waals surface area (Å²) in [4.78, 5) is 18.2. The van der Waals surface area contributed by atoms with Crippen LogP contribution in [-0.2, 0) is 0 Å². The molecule has 3 rings (SSSR count). The molecule has 0 bridgehead atoms. The topological polar surface area (TPSA) is 33.2 Å². The van der Waals surface area contributed by atoms with Crippen LogP contribution in [0.3, 0.4) is 0 Å². The molecule has 1 aliphatic heterocycles. The number of piperidine rings is 1. The molecule has 0 N–H and O–H groups in total. The number of rotatable bonds is 2. The highest BCUT2D eigenvalue weighted by Gasteiger charge is 2.32. The Morgan fingerprint density at radius 2 is 2.11 bits per heavy atom. The van der Waals surface area contributed by atoms with Gasteiger partial charge in [-0.2, -0.15) is 0 Å². The Hall–Kier alpha value is -0.900. The molecule has 3 nitrogen and oxygen atoms in total. The van der Waals surface area contributed by atoms with Gasteiger partial charge in [-0.1, -0.05) is 19.3 Å². The van der Waals surface area contributed by atoms with Crippen LogP contribution in [0.2, 0.25) is 0 Å². The lowest BCUT2D eigenvalue weighted by atomic mass is 9.75. The lowest BCUT2D eigenvalue weighted by Crippen LogP contribution is -2.41. The standard InChI is InChI=1S/C14H20N2OS/c1-10(17)13-9-18-14(15-13)16-7-6-11-4-2-3-5-12(11)8-16/h9,11-12H,2-8H2,1H3. The molecule has 2 atom stereocenters. The molecule has 2 unspecified atom stereocenters. The quantitative estimate of drug-likeness (QED) is 0.768. The zero-order valence-electron chi connectivity index (χ0n) is 10.9. The molecule has 98 valence electrons. The van der Waals surface area contributed by atoms with E-state index in [1.165, 1.54) is 32.1 Å². The van der Waals surface area contributed by atoms with E-state index in [0.717, 1.165) is 30.1 Å².